The highest BCUT2D eigenvalue weighted by Crippen LogP contribution is 2.46. The number of nitrogens with zero attached hydrogens (tertiary/aromatic N) is 2. The molecule has 0 saturated heterocycles. The fraction of sp³-hybridized carbons (Fsp3) is 0. The summed E-state index contributed by atoms with van der Waals surface area (Å²) in [5, 5.41) is -0.200. The molecule has 0 amide bonds. The van der Waals surface area contributed by atoms with Crippen molar-refractivity contribution in [3.63, 3.8) is 0 Å². The lowest BCUT2D eigenvalue weighted by Gasteiger charge is -2.20. The van der Waals surface area contributed by atoms with E-state index in [2.05, 4.69) is 0 Å². The number of rotatable bonds is 5. The molecule has 9 aromatic rings. The van der Waals surface area contributed by atoms with Crippen LogP contribution < -0.4 is 0 Å². The van der Waals surface area contributed by atoms with Crippen LogP contribution in [-0.2, 0) is 0 Å². The molecule has 0 aliphatic heterocycles. The first kappa shape index (κ1) is 16.9. The van der Waals surface area contributed by atoms with Crippen molar-refractivity contribution >= 4 is 32.6 Å². The van der Waals surface area contributed by atoms with Crippen molar-refractivity contribution in [2.24, 2.45) is 0 Å². The molecule has 0 aliphatic rings. The predicted octanol–water partition coefficient (Wildman–Crippen LogP) is 12.0. The van der Waals surface area contributed by atoms with E-state index in [1.807, 2.05) is 65.2 Å². The molecule has 0 unspecified atom stereocenters. The lowest BCUT2D eigenvalue weighted by Crippen LogP contribution is -1.98. The Hall–Kier alpha value is -6.25. The molecule has 0 N–H and O–H groups in total. The van der Waals surface area contributed by atoms with Gasteiger partial charge in [-0.1, -0.05) is 157 Å². The lowest BCUT2D eigenvalue weighted by molar-refractivity contribution is 1.10. The first-order chi connectivity index (χ1) is 28.7. The number of hydrogen-bond acceptors (Lipinski definition) is 1. The zero-order valence-corrected chi connectivity index (χ0v) is 24.7. The summed E-state index contributed by atoms with van der Waals surface area (Å²) >= 11 is 0. The Morgan fingerprint density at radius 3 is 1.74 bits per heavy atom. The Labute approximate surface area is 292 Å². The van der Waals surface area contributed by atoms with Crippen LogP contribution in [0.25, 0.3) is 83.0 Å². The van der Waals surface area contributed by atoms with Gasteiger partial charge in [0.25, 0.3) is 0 Å². The first-order valence-corrected chi connectivity index (χ1v) is 15.0. The number of para-hydroxylation sites is 2. The smallest absolute Gasteiger partial charge is 0.145 e. The van der Waals surface area contributed by atoms with Gasteiger partial charge in [-0.05, 0) is 79.2 Å². The van der Waals surface area contributed by atoms with E-state index in [-0.39, 0.29) is 49.4 Å². The number of aromatic nitrogens is 2. The fourth-order valence-electron chi connectivity index (χ4n) is 6.36. The highest BCUT2D eigenvalue weighted by atomic mass is 15.1. The van der Waals surface area contributed by atoms with Gasteiger partial charge in [0.05, 0.1) is 28.9 Å². The van der Waals surface area contributed by atoms with Gasteiger partial charge in [-0.15, -0.1) is 0 Å². The maximum Gasteiger partial charge on any atom is 0.145 e. The Morgan fingerprint density at radius 1 is 0.447 bits per heavy atom. The molecule has 0 bridgehead atoms. The average Bonchev–Trinajstić information content (AvgIpc) is 3.67. The van der Waals surface area contributed by atoms with E-state index in [9.17, 15) is 5.48 Å². The van der Waals surface area contributed by atoms with Crippen LogP contribution in [0.2, 0.25) is 0 Å². The quantitative estimate of drug-likeness (QED) is 0.177. The molecule has 1 aromatic heterocycles. The van der Waals surface area contributed by atoms with Crippen molar-refractivity contribution < 1.29 is 17.8 Å². The number of benzene rings is 8. The summed E-state index contributed by atoms with van der Waals surface area (Å²) in [5.74, 6) is 0.632. The first-order valence-electron chi connectivity index (χ1n) is 21.5. The van der Waals surface area contributed by atoms with Gasteiger partial charge in [0.15, 0.2) is 0 Å². The van der Waals surface area contributed by atoms with Crippen LogP contribution in [0.3, 0.4) is 0 Å². The minimum Gasteiger partial charge on any atom is -0.292 e. The lowest BCUT2D eigenvalue weighted by atomic mass is 9.84. The summed E-state index contributed by atoms with van der Waals surface area (Å²) in [6, 6.07) is 23.7. The van der Waals surface area contributed by atoms with Gasteiger partial charge in [-0.2, -0.15) is 0 Å². The normalized spacial score (nSPS) is 15.3. The molecule has 1 heterocycles. The standard InChI is InChI=1S/C45H30N2/c1-3-16-31(17-4-1)35-22-7-8-23-36(35)44-39-26-11-9-24-37(39)43(38-25-10-12-27-40(38)44)33-20-15-21-34(30-33)47-42-29-14-13-28-41(42)46-45(47)32-18-5-2-6-19-32/h1-30H/i1D,3D,4D,9D,10D,11D,12D,16D,17D,24D,25D,26D,27D. The topological polar surface area (TPSA) is 17.8 Å². The summed E-state index contributed by atoms with van der Waals surface area (Å²) in [7, 11) is 0. The Morgan fingerprint density at radius 2 is 1.02 bits per heavy atom. The fourth-order valence-corrected chi connectivity index (χ4v) is 6.36. The zero-order valence-electron chi connectivity index (χ0n) is 37.7. The summed E-state index contributed by atoms with van der Waals surface area (Å²) in [6.07, 6.45) is 0. The molecule has 0 radical (unpaired) electrons. The molecule has 0 fully saturated rings. The Balaban J connectivity index is 1.48. The van der Waals surface area contributed by atoms with Gasteiger partial charge in [0.2, 0.25) is 0 Å². The van der Waals surface area contributed by atoms with Crippen LogP contribution in [-0.4, -0.2) is 9.55 Å². The van der Waals surface area contributed by atoms with E-state index < -0.39 is 78.6 Å². The van der Waals surface area contributed by atoms with Crippen molar-refractivity contribution in [1.29, 1.82) is 0 Å². The summed E-state index contributed by atoms with van der Waals surface area (Å²) < 4.78 is 118. The third-order valence-corrected chi connectivity index (χ3v) is 8.33. The largest absolute Gasteiger partial charge is 0.292 e. The molecule has 0 atom stereocenters. The molecule has 220 valence electrons. The van der Waals surface area contributed by atoms with Gasteiger partial charge < -0.3 is 0 Å². The van der Waals surface area contributed by atoms with Crippen molar-refractivity contribution in [2.75, 3.05) is 0 Å². The second-order valence-corrected chi connectivity index (χ2v) is 11.0. The maximum atomic E-state index is 9.46. The van der Waals surface area contributed by atoms with Crippen LogP contribution in [0.4, 0.5) is 0 Å². The van der Waals surface area contributed by atoms with Crippen LogP contribution in [0.5, 0.6) is 0 Å². The maximum absolute atomic E-state index is 9.46. The highest BCUT2D eigenvalue weighted by Gasteiger charge is 2.20. The molecule has 0 aliphatic carbocycles. The van der Waals surface area contributed by atoms with Crippen molar-refractivity contribution in [1.82, 2.24) is 9.55 Å². The monoisotopic (exact) mass is 611 g/mol. The molecule has 0 spiro atoms. The van der Waals surface area contributed by atoms with Crippen molar-refractivity contribution in [3.05, 3.63) is 182 Å². The van der Waals surface area contributed by atoms with E-state index in [0.717, 1.165) is 16.6 Å². The van der Waals surface area contributed by atoms with Gasteiger partial charge >= 0.3 is 0 Å². The average molecular weight is 612 g/mol. The van der Waals surface area contributed by atoms with E-state index in [1.54, 1.807) is 36.4 Å². The second-order valence-electron chi connectivity index (χ2n) is 11.0. The summed E-state index contributed by atoms with van der Waals surface area (Å²) in [5.41, 5.74) is 3.54. The minimum absolute atomic E-state index is 0.00622. The van der Waals surface area contributed by atoms with Gasteiger partial charge in [-0.3, -0.25) is 4.57 Å². The summed E-state index contributed by atoms with van der Waals surface area (Å²) in [6.45, 7) is 0. The van der Waals surface area contributed by atoms with Gasteiger partial charge in [0, 0.05) is 11.3 Å². The highest BCUT2D eigenvalue weighted by molar-refractivity contribution is 6.22. The van der Waals surface area contributed by atoms with Crippen LogP contribution >= 0.6 is 0 Å². The predicted molar refractivity (Wildman–Crippen MR) is 198 cm³/mol. The van der Waals surface area contributed by atoms with Crippen molar-refractivity contribution in [2.45, 2.75) is 0 Å². The molecule has 2 nitrogen and oxygen atoms in total. The van der Waals surface area contributed by atoms with E-state index in [1.165, 1.54) is 6.07 Å². The number of fused-ring (bicyclic) bond motifs is 3. The number of imidazole rings is 1. The van der Waals surface area contributed by atoms with Crippen LogP contribution in [0, 0.1) is 0 Å². The van der Waals surface area contributed by atoms with Gasteiger partial charge in [-0.25, -0.2) is 4.98 Å². The molecule has 0 saturated carbocycles. The minimum atomic E-state index is -0.600. The van der Waals surface area contributed by atoms with E-state index >= 15 is 0 Å². The van der Waals surface area contributed by atoms with Crippen LogP contribution in [0.15, 0.2) is 182 Å². The third kappa shape index (κ3) is 4.54. The molecule has 47 heavy (non-hydrogen) atoms. The second kappa shape index (κ2) is 11.3. The number of hydrogen-bond donors (Lipinski definition) is 0. The van der Waals surface area contributed by atoms with Gasteiger partial charge in [0.1, 0.15) is 5.82 Å². The zero-order chi connectivity index (χ0) is 42.5. The van der Waals surface area contributed by atoms with E-state index in [4.69, 9.17) is 17.3 Å². The molecule has 8 aromatic carbocycles. The van der Waals surface area contributed by atoms with E-state index in [0.29, 0.717) is 17.1 Å². The Kier molecular flexibility index (Phi) is 4.05. The molecule has 9 rings (SSSR count). The molecular formula is C45H30N2. The Bertz CT molecular complexity index is 3200. The third-order valence-electron chi connectivity index (χ3n) is 8.33. The SMILES string of the molecule is [2H]c1c([2H])c([2H])c(-c2ccccc2-c2c3c([2H])c([2H])c([2H])c([2H])c3c(-c3cccc(-n4c(-c5ccccc5)nc5ccccc54)c3)c3c([2H])c([2H])c([2H])c([2H])c23)c([2H])c1[2H]. The molecular weight excluding hydrogens is 569 g/mol. The van der Waals surface area contributed by atoms with Crippen LogP contribution in [0.1, 0.15) is 17.8 Å². The van der Waals surface area contributed by atoms with Crippen molar-refractivity contribution in [3.8, 4) is 50.5 Å². The summed E-state index contributed by atoms with van der Waals surface area (Å²) in [4.78, 5) is 4.96. The molecule has 2 heteroatoms.